The number of nitrogens with zero attached hydrogens (tertiary/aromatic N) is 3. The highest BCUT2D eigenvalue weighted by atomic mass is 19.4. The van der Waals surface area contributed by atoms with Gasteiger partial charge in [-0.1, -0.05) is 30.3 Å². The molecule has 0 atom stereocenters. The number of hydrogen-bond acceptors (Lipinski definition) is 6. The van der Waals surface area contributed by atoms with Crippen LogP contribution in [0, 0.1) is 10.1 Å². The van der Waals surface area contributed by atoms with Crippen LogP contribution in [0.5, 0.6) is 0 Å². The van der Waals surface area contributed by atoms with Gasteiger partial charge in [-0.3, -0.25) is 10.1 Å². The minimum Gasteiger partial charge on any atom is -0.366 e. The lowest BCUT2D eigenvalue weighted by atomic mass is 10.1. The van der Waals surface area contributed by atoms with E-state index in [4.69, 9.17) is 0 Å². The molecule has 3 aromatic rings. The fraction of sp³-hybridized carbons (Fsp3) is 0.182. The third-order valence-electron chi connectivity index (χ3n) is 4.95. The maximum Gasteiger partial charge on any atom is 0.416 e. The van der Waals surface area contributed by atoms with E-state index in [2.05, 4.69) is 20.6 Å². The van der Waals surface area contributed by atoms with Crippen molar-refractivity contribution in [2.24, 2.45) is 0 Å². The summed E-state index contributed by atoms with van der Waals surface area (Å²) in [6.07, 6.45) is 0.0716. The van der Waals surface area contributed by atoms with Gasteiger partial charge < -0.3 is 10.6 Å². The molecule has 0 bridgehead atoms. The molecule has 7 nitrogen and oxygen atoms in total. The van der Waals surface area contributed by atoms with Crippen LogP contribution in [0.4, 0.5) is 30.6 Å². The Labute approximate surface area is 181 Å². The van der Waals surface area contributed by atoms with E-state index in [1.807, 2.05) is 12.2 Å². The highest BCUT2D eigenvalue weighted by molar-refractivity contribution is 5.66. The molecule has 0 saturated carbocycles. The molecule has 0 amide bonds. The Morgan fingerprint density at radius 2 is 1.75 bits per heavy atom. The number of benzene rings is 2. The van der Waals surface area contributed by atoms with E-state index in [0.29, 0.717) is 30.3 Å². The van der Waals surface area contributed by atoms with Crippen LogP contribution >= 0.6 is 0 Å². The van der Waals surface area contributed by atoms with E-state index in [9.17, 15) is 23.3 Å². The van der Waals surface area contributed by atoms with Crippen molar-refractivity contribution in [3.05, 3.63) is 92.7 Å². The zero-order valence-corrected chi connectivity index (χ0v) is 16.7. The molecule has 0 fully saturated rings. The van der Waals surface area contributed by atoms with Crippen LogP contribution in [0.25, 0.3) is 6.08 Å². The number of anilines is 2. The van der Waals surface area contributed by atoms with Crippen molar-refractivity contribution in [2.45, 2.75) is 25.7 Å². The van der Waals surface area contributed by atoms with Crippen molar-refractivity contribution in [3.8, 4) is 0 Å². The minimum atomic E-state index is -4.40. The molecule has 32 heavy (non-hydrogen) atoms. The van der Waals surface area contributed by atoms with Gasteiger partial charge in [0, 0.05) is 30.8 Å². The van der Waals surface area contributed by atoms with E-state index in [0.717, 1.165) is 29.0 Å². The first-order valence-corrected chi connectivity index (χ1v) is 9.74. The van der Waals surface area contributed by atoms with Gasteiger partial charge in [-0.25, -0.2) is 4.98 Å². The van der Waals surface area contributed by atoms with E-state index < -0.39 is 16.7 Å². The largest absolute Gasteiger partial charge is 0.416 e. The van der Waals surface area contributed by atoms with E-state index in [1.54, 1.807) is 18.2 Å². The smallest absolute Gasteiger partial charge is 0.366 e. The number of nitro groups is 1. The second-order valence-corrected chi connectivity index (χ2v) is 7.19. The Morgan fingerprint density at radius 1 is 1.00 bits per heavy atom. The molecule has 0 radical (unpaired) electrons. The number of alkyl halides is 3. The number of fused-ring (bicyclic) bond motifs is 1. The molecule has 1 heterocycles. The first-order valence-electron chi connectivity index (χ1n) is 9.74. The number of allylic oxidation sites excluding steroid dienone is 1. The van der Waals surface area contributed by atoms with Crippen LogP contribution in [0.3, 0.4) is 0 Å². The van der Waals surface area contributed by atoms with Crippen LogP contribution in [-0.2, 0) is 25.7 Å². The molecule has 2 N–H and O–H groups in total. The molecule has 10 heteroatoms. The summed E-state index contributed by atoms with van der Waals surface area (Å²) >= 11 is 0. The first kappa shape index (κ1) is 21.3. The molecular weight excluding hydrogens is 423 g/mol. The molecule has 0 spiro atoms. The average Bonchev–Trinajstić information content (AvgIpc) is 3.25. The Bertz CT molecular complexity index is 1180. The van der Waals surface area contributed by atoms with Gasteiger partial charge in [0.25, 0.3) is 5.69 Å². The lowest BCUT2D eigenvalue weighted by Gasteiger charge is -2.14. The Kier molecular flexibility index (Phi) is 5.76. The minimum absolute atomic E-state index is 0.0157. The second-order valence-electron chi connectivity index (χ2n) is 7.19. The molecule has 1 aliphatic carbocycles. The lowest BCUT2D eigenvalue weighted by molar-refractivity contribution is -0.384. The SMILES string of the molecule is O=[N+]([O-])c1ccc(CNc2nc(NCc3cccc(C(F)(F)F)c3)nc3c2CC=C3)cc1. The molecule has 4 rings (SSSR count). The molecule has 2 aromatic carbocycles. The number of nitrogens with one attached hydrogen (secondary N) is 2. The fourth-order valence-electron chi connectivity index (χ4n) is 3.31. The van der Waals surface area contributed by atoms with Crippen LogP contribution in [0.2, 0.25) is 0 Å². The number of rotatable bonds is 7. The van der Waals surface area contributed by atoms with Crippen molar-refractivity contribution >= 4 is 23.5 Å². The molecule has 0 aliphatic heterocycles. The van der Waals surface area contributed by atoms with Crippen molar-refractivity contribution in [1.29, 1.82) is 0 Å². The third kappa shape index (κ3) is 4.85. The van der Waals surface area contributed by atoms with Crippen LogP contribution in [0.15, 0.2) is 54.6 Å². The monoisotopic (exact) mass is 441 g/mol. The highest BCUT2D eigenvalue weighted by Crippen LogP contribution is 2.30. The van der Waals surface area contributed by atoms with Gasteiger partial charge in [-0.05, 0) is 35.8 Å². The van der Waals surface area contributed by atoms with Crippen LogP contribution < -0.4 is 10.6 Å². The predicted octanol–water partition coefficient (Wildman–Crippen LogP) is 5.20. The number of non-ortho nitro benzene ring substituents is 1. The summed E-state index contributed by atoms with van der Waals surface area (Å²) in [6.45, 7) is 0.530. The first-order chi connectivity index (χ1) is 15.3. The molecule has 1 aromatic heterocycles. The Balaban J connectivity index is 1.48. The summed E-state index contributed by atoms with van der Waals surface area (Å²) < 4.78 is 38.8. The summed E-state index contributed by atoms with van der Waals surface area (Å²) in [6, 6.07) is 11.3. The van der Waals surface area contributed by atoms with Crippen molar-refractivity contribution < 1.29 is 18.1 Å². The summed E-state index contributed by atoms with van der Waals surface area (Å²) in [5.74, 6) is 0.892. The topological polar surface area (TPSA) is 93.0 Å². The van der Waals surface area contributed by atoms with Gasteiger partial charge in [0.1, 0.15) is 5.82 Å². The molecular formula is C22H18F3N5O2. The van der Waals surface area contributed by atoms with Gasteiger partial charge in [0.05, 0.1) is 16.2 Å². The van der Waals surface area contributed by atoms with Gasteiger partial charge in [-0.15, -0.1) is 0 Å². The van der Waals surface area contributed by atoms with Crippen molar-refractivity contribution in [3.63, 3.8) is 0 Å². The van der Waals surface area contributed by atoms with Gasteiger partial charge in [-0.2, -0.15) is 18.2 Å². The van der Waals surface area contributed by atoms with Gasteiger partial charge in [0.15, 0.2) is 0 Å². The number of hydrogen-bond donors (Lipinski definition) is 2. The Morgan fingerprint density at radius 3 is 2.47 bits per heavy atom. The van der Waals surface area contributed by atoms with Crippen molar-refractivity contribution in [1.82, 2.24) is 9.97 Å². The quantitative estimate of drug-likeness (QED) is 0.387. The van der Waals surface area contributed by atoms with Crippen LogP contribution in [0.1, 0.15) is 27.9 Å². The van der Waals surface area contributed by atoms with E-state index in [1.165, 1.54) is 18.2 Å². The normalized spacial score (nSPS) is 12.5. The maximum atomic E-state index is 12.9. The molecule has 0 saturated heterocycles. The zero-order chi connectivity index (χ0) is 22.7. The summed E-state index contributed by atoms with van der Waals surface area (Å²) in [4.78, 5) is 19.3. The van der Waals surface area contributed by atoms with Crippen LogP contribution in [-0.4, -0.2) is 14.9 Å². The fourth-order valence-corrected chi connectivity index (χ4v) is 3.31. The zero-order valence-electron chi connectivity index (χ0n) is 16.7. The highest BCUT2D eigenvalue weighted by Gasteiger charge is 2.30. The summed E-state index contributed by atoms with van der Waals surface area (Å²) in [5.41, 5.74) is 2.25. The van der Waals surface area contributed by atoms with E-state index in [-0.39, 0.29) is 12.2 Å². The average molecular weight is 441 g/mol. The Hall–Kier alpha value is -3.95. The maximum absolute atomic E-state index is 12.9. The number of nitro benzene ring substituents is 1. The number of aromatic nitrogens is 2. The lowest BCUT2D eigenvalue weighted by Crippen LogP contribution is -2.11. The van der Waals surface area contributed by atoms with E-state index >= 15 is 0 Å². The standard InChI is InChI=1S/C22H18F3N5O2/c23-22(24,25)16-4-1-3-15(11-16)13-27-21-28-19-6-2-5-18(19)20(29-21)26-12-14-7-9-17(10-8-14)30(31)32/h1-4,6-11H,5,12-13H2,(H2,26,27,28,29). The summed E-state index contributed by atoms with van der Waals surface area (Å²) in [5, 5.41) is 17.0. The molecule has 164 valence electrons. The second kappa shape index (κ2) is 8.66. The third-order valence-corrected chi connectivity index (χ3v) is 4.95. The summed E-state index contributed by atoms with van der Waals surface area (Å²) in [7, 11) is 0. The van der Waals surface area contributed by atoms with Crippen molar-refractivity contribution in [2.75, 3.05) is 10.6 Å². The van der Waals surface area contributed by atoms with Gasteiger partial charge >= 0.3 is 6.18 Å². The predicted molar refractivity (Wildman–Crippen MR) is 114 cm³/mol. The molecule has 0 unspecified atom stereocenters. The molecule has 1 aliphatic rings. The number of halogens is 3. The van der Waals surface area contributed by atoms with Gasteiger partial charge in [0.2, 0.25) is 5.95 Å².